The number of pyridine rings is 2. The predicted molar refractivity (Wildman–Crippen MR) is 227 cm³/mol. The molecule has 0 aliphatic carbocycles. The Labute approximate surface area is 332 Å². The average molecular weight is 827 g/mol. The first kappa shape index (κ1) is 37.7. The third-order valence-corrected chi connectivity index (χ3v) is 11.4. The second-order valence-electron chi connectivity index (χ2n) is 12.4. The van der Waals surface area contributed by atoms with Gasteiger partial charge in [0.1, 0.15) is 32.7 Å². The Morgan fingerprint density at radius 1 is 0.589 bits per heavy atom. The topological polar surface area (TPSA) is 138 Å². The zero-order chi connectivity index (χ0) is 39.1. The van der Waals surface area contributed by atoms with Crippen LogP contribution in [0.2, 0.25) is 0 Å². The van der Waals surface area contributed by atoms with Crippen LogP contribution in [-0.2, 0) is 9.73 Å². The summed E-state index contributed by atoms with van der Waals surface area (Å²) in [5, 5.41) is 28.2. The highest BCUT2D eigenvalue weighted by Crippen LogP contribution is 2.35. The van der Waals surface area contributed by atoms with Crippen molar-refractivity contribution in [2.24, 2.45) is 4.36 Å². The number of anilines is 4. The van der Waals surface area contributed by atoms with Gasteiger partial charge in [0.15, 0.2) is 0 Å². The molecule has 10 nitrogen and oxygen atoms in total. The van der Waals surface area contributed by atoms with E-state index in [9.17, 15) is 14.4 Å². The van der Waals surface area contributed by atoms with Gasteiger partial charge in [-0.3, -0.25) is 9.97 Å². The summed E-state index contributed by atoms with van der Waals surface area (Å²) in [4.78, 5) is 10.1. The number of rotatable bonds is 9. The molecule has 8 rings (SSSR count). The van der Waals surface area contributed by atoms with Crippen LogP contribution in [0.15, 0.2) is 177 Å². The van der Waals surface area contributed by atoms with E-state index < -0.39 is 9.73 Å². The molecule has 0 aliphatic heterocycles. The van der Waals surface area contributed by atoms with Gasteiger partial charge in [-0.05, 0) is 72.8 Å². The number of halogens is 1. The first-order valence-corrected chi connectivity index (χ1v) is 19.6. The summed E-state index contributed by atoms with van der Waals surface area (Å²) in [7, 11) is 0.194. The van der Waals surface area contributed by atoms with Crippen molar-refractivity contribution >= 4 is 75.9 Å². The Balaban J connectivity index is 0.000000195. The number of hydrogen-bond donors (Lipinski definition) is 4. The van der Waals surface area contributed by atoms with Crippen LogP contribution in [0.25, 0.3) is 21.8 Å². The van der Waals surface area contributed by atoms with Crippen molar-refractivity contribution in [1.82, 2.24) is 9.97 Å². The maximum atomic E-state index is 14.3. The highest BCUT2D eigenvalue weighted by Gasteiger charge is 2.16. The highest BCUT2D eigenvalue weighted by molar-refractivity contribution is 9.10. The quantitative estimate of drug-likeness (QED) is 0.112. The van der Waals surface area contributed by atoms with Gasteiger partial charge in [0.25, 0.3) is 0 Å². The number of phenols is 2. The van der Waals surface area contributed by atoms with Gasteiger partial charge < -0.3 is 30.3 Å². The van der Waals surface area contributed by atoms with Crippen molar-refractivity contribution in [2.75, 3.05) is 24.9 Å². The van der Waals surface area contributed by atoms with Gasteiger partial charge in [0.05, 0.1) is 40.7 Å². The van der Waals surface area contributed by atoms with E-state index in [1.54, 1.807) is 50.9 Å². The number of aromatic nitrogens is 2. The third-order valence-electron chi connectivity index (χ3n) is 8.60. The summed E-state index contributed by atoms with van der Waals surface area (Å²) < 4.78 is 30.5. The molecule has 12 heteroatoms. The fourth-order valence-electron chi connectivity index (χ4n) is 5.99. The zero-order valence-corrected chi connectivity index (χ0v) is 32.7. The molecule has 8 aromatic rings. The normalized spacial score (nSPS) is 11.0. The van der Waals surface area contributed by atoms with Crippen LogP contribution in [0, 0.1) is 0 Å². The van der Waals surface area contributed by atoms with Gasteiger partial charge in [0.2, 0.25) is 0 Å². The maximum Gasteiger partial charge on any atom is 0.124 e. The van der Waals surface area contributed by atoms with E-state index in [0.29, 0.717) is 32.7 Å². The van der Waals surface area contributed by atoms with Gasteiger partial charge >= 0.3 is 0 Å². The monoisotopic (exact) mass is 825 g/mol. The SMILES string of the molecule is COc1cc(O)cc(Nc2ccnc3ccc(Br)cc23)c1.COc1cc(O)cc(Nc2ccnc3ccc(N=S(=O)(c4ccccc4)c4ccccc4)cc23)c1. The van der Waals surface area contributed by atoms with E-state index in [0.717, 1.165) is 43.3 Å². The molecule has 2 heterocycles. The molecule has 4 N–H and O–H groups in total. The van der Waals surface area contributed by atoms with Crippen molar-refractivity contribution < 1.29 is 23.9 Å². The van der Waals surface area contributed by atoms with Gasteiger partial charge in [-0.15, -0.1) is 0 Å². The third kappa shape index (κ3) is 8.67. The number of aromatic hydroxyl groups is 2. The van der Waals surface area contributed by atoms with Crippen LogP contribution in [0.4, 0.5) is 28.4 Å². The summed E-state index contributed by atoms with van der Waals surface area (Å²) in [6.07, 6.45) is 3.46. The zero-order valence-electron chi connectivity index (χ0n) is 30.3. The van der Waals surface area contributed by atoms with Crippen LogP contribution >= 0.6 is 15.9 Å². The van der Waals surface area contributed by atoms with Gasteiger partial charge in [0, 0.05) is 86.8 Å². The van der Waals surface area contributed by atoms with E-state index in [-0.39, 0.29) is 11.5 Å². The molecule has 0 saturated carbocycles. The molecule has 0 bridgehead atoms. The van der Waals surface area contributed by atoms with Crippen LogP contribution in [0.5, 0.6) is 23.0 Å². The molecule has 56 heavy (non-hydrogen) atoms. The predicted octanol–water partition coefficient (Wildman–Crippen LogP) is 11.4. The Hall–Kier alpha value is -6.63. The molecular weight excluding hydrogens is 790 g/mol. The standard InChI is InChI=1S/C28H23N3O3S.C16H13BrN2O2/c1-34-23-17-21(16-22(32)19-23)30-28-14-15-29-27-13-12-20(18-26(27)28)31-35(33,24-8-4-2-5-9-24)25-10-6-3-7-11-25;1-21-13-8-11(7-12(20)9-13)19-16-4-5-18-15-3-2-10(17)6-14(15)16/h2-19,32H,1H3,(H,29,30);2-9,20H,1H3,(H,18,19). The molecule has 0 amide bonds. The molecule has 2 aromatic heterocycles. The second kappa shape index (κ2) is 16.8. The van der Waals surface area contributed by atoms with Crippen molar-refractivity contribution in [1.29, 1.82) is 0 Å². The maximum absolute atomic E-state index is 14.3. The number of ether oxygens (including phenoxy) is 2. The summed E-state index contributed by atoms with van der Waals surface area (Å²) in [5.74, 6) is 1.37. The van der Waals surface area contributed by atoms with Crippen LogP contribution < -0.4 is 20.1 Å². The highest BCUT2D eigenvalue weighted by atomic mass is 79.9. The van der Waals surface area contributed by atoms with Gasteiger partial charge in [-0.1, -0.05) is 52.3 Å². The largest absolute Gasteiger partial charge is 0.508 e. The lowest BCUT2D eigenvalue weighted by Crippen LogP contribution is -2.01. The smallest absolute Gasteiger partial charge is 0.124 e. The Morgan fingerprint density at radius 2 is 1.07 bits per heavy atom. The first-order valence-electron chi connectivity index (χ1n) is 17.3. The molecule has 0 aliphatic rings. The molecule has 0 spiro atoms. The van der Waals surface area contributed by atoms with E-state index in [1.165, 1.54) is 6.07 Å². The summed E-state index contributed by atoms with van der Waals surface area (Å²) >= 11 is 3.47. The molecule has 0 unspecified atom stereocenters. The minimum absolute atomic E-state index is 0.0892. The number of hydrogen-bond acceptors (Lipinski definition) is 10. The minimum Gasteiger partial charge on any atom is -0.508 e. The lowest BCUT2D eigenvalue weighted by molar-refractivity contribution is 0.407. The van der Waals surface area contributed by atoms with E-state index in [1.807, 2.05) is 115 Å². The Morgan fingerprint density at radius 3 is 1.57 bits per heavy atom. The van der Waals surface area contributed by atoms with Crippen LogP contribution in [0.3, 0.4) is 0 Å². The molecule has 0 atom stereocenters. The summed E-state index contributed by atoms with van der Waals surface area (Å²) in [5.41, 5.74) is 5.31. The van der Waals surface area contributed by atoms with Crippen molar-refractivity contribution in [3.8, 4) is 23.0 Å². The van der Waals surface area contributed by atoms with E-state index in [4.69, 9.17) is 13.8 Å². The summed E-state index contributed by atoms with van der Waals surface area (Å²) in [6.45, 7) is 0. The van der Waals surface area contributed by atoms with E-state index in [2.05, 4.69) is 36.5 Å². The fourth-order valence-corrected chi connectivity index (χ4v) is 8.29. The lowest BCUT2D eigenvalue weighted by Gasteiger charge is -2.13. The first-order chi connectivity index (χ1) is 27.2. The number of nitrogens with zero attached hydrogens (tertiary/aromatic N) is 3. The van der Waals surface area contributed by atoms with E-state index >= 15 is 0 Å². The Kier molecular flexibility index (Phi) is 11.3. The van der Waals surface area contributed by atoms with Crippen molar-refractivity contribution in [3.63, 3.8) is 0 Å². The van der Waals surface area contributed by atoms with Crippen LogP contribution in [0.1, 0.15) is 0 Å². The number of methoxy groups -OCH3 is 2. The Bertz CT molecular complexity index is 2740. The lowest BCUT2D eigenvalue weighted by atomic mass is 10.1. The number of fused-ring (bicyclic) bond motifs is 2. The summed E-state index contributed by atoms with van der Waals surface area (Å²) in [6, 6.07) is 43.8. The van der Waals surface area contributed by atoms with Gasteiger partial charge in [-0.2, -0.15) is 4.36 Å². The molecule has 0 saturated heterocycles. The van der Waals surface area contributed by atoms with Crippen LogP contribution in [-0.4, -0.2) is 38.6 Å². The molecule has 6 aromatic carbocycles. The number of phenolic OH excluding ortho intramolecular Hbond substituents is 2. The fraction of sp³-hybridized carbons (Fsp3) is 0.0455. The molecule has 0 radical (unpaired) electrons. The van der Waals surface area contributed by atoms with Crippen molar-refractivity contribution in [3.05, 3.63) is 162 Å². The second-order valence-corrected chi connectivity index (χ2v) is 15.5. The molecule has 280 valence electrons. The number of benzene rings is 6. The molecule has 0 fully saturated rings. The molecular formula is C44H36BrN5O5S. The van der Waals surface area contributed by atoms with Crippen molar-refractivity contribution in [2.45, 2.75) is 9.79 Å². The van der Waals surface area contributed by atoms with Gasteiger partial charge in [-0.25, -0.2) is 4.21 Å². The average Bonchev–Trinajstić information content (AvgIpc) is 3.21. The number of nitrogens with one attached hydrogen (secondary N) is 2. The minimum atomic E-state index is -2.92.